The number of anilines is 6. The van der Waals surface area contributed by atoms with Crippen LogP contribution in [0.15, 0.2) is 36.7 Å². The maximum absolute atomic E-state index is 14.4. The number of aromatic nitrogens is 4. The van der Waals surface area contributed by atoms with Crippen LogP contribution in [0.3, 0.4) is 0 Å². The lowest BCUT2D eigenvalue weighted by Gasteiger charge is -2.30. The van der Waals surface area contributed by atoms with Gasteiger partial charge in [-0.2, -0.15) is 4.98 Å². The van der Waals surface area contributed by atoms with Crippen LogP contribution in [0.2, 0.25) is 0 Å². The summed E-state index contributed by atoms with van der Waals surface area (Å²) in [6.07, 6.45) is 3.69. The molecule has 3 aromatic rings. The van der Waals surface area contributed by atoms with Gasteiger partial charge >= 0.3 is 0 Å². The minimum atomic E-state index is -1.00. The quantitative estimate of drug-likeness (QED) is 0.501. The normalized spacial score (nSPS) is 17.0. The lowest BCUT2D eigenvalue weighted by atomic mass is 10.1. The van der Waals surface area contributed by atoms with Crippen molar-refractivity contribution >= 4 is 40.8 Å². The van der Waals surface area contributed by atoms with Crippen molar-refractivity contribution < 1.29 is 18.7 Å². The van der Waals surface area contributed by atoms with Crippen LogP contribution in [0.1, 0.15) is 20.3 Å². The lowest BCUT2D eigenvalue weighted by molar-refractivity contribution is -0.129. The summed E-state index contributed by atoms with van der Waals surface area (Å²) in [4.78, 5) is 31.4. The van der Waals surface area contributed by atoms with Gasteiger partial charge in [0.2, 0.25) is 5.95 Å². The van der Waals surface area contributed by atoms with E-state index in [9.17, 15) is 9.18 Å². The van der Waals surface area contributed by atoms with E-state index in [1.807, 2.05) is 12.1 Å². The third-order valence-electron chi connectivity index (χ3n) is 5.54. The van der Waals surface area contributed by atoms with Crippen molar-refractivity contribution in [2.45, 2.75) is 25.9 Å². The van der Waals surface area contributed by atoms with E-state index in [2.05, 4.69) is 40.8 Å². The molecule has 3 aromatic heterocycles. The second-order valence-electron chi connectivity index (χ2n) is 8.61. The smallest absolute Gasteiger partial charge is 0.269 e. The van der Waals surface area contributed by atoms with Crippen molar-refractivity contribution in [1.82, 2.24) is 19.9 Å². The van der Waals surface area contributed by atoms with Crippen LogP contribution < -0.4 is 25.6 Å². The zero-order chi connectivity index (χ0) is 24.4. The number of nitrogens with zero attached hydrogens (tertiary/aromatic N) is 5. The second kappa shape index (κ2) is 9.29. The molecule has 1 saturated heterocycles. The summed E-state index contributed by atoms with van der Waals surface area (Å²) in [6, 6.07) is 7.03. The molecule has 0 aromatic carbocycles. The number of amides is 1. The zero-order valence-electron chi connectivity index (χ0n) is 19.3. The van der Waals surface area contributed by atoms with Crippen molar-refractivity contribution in [3.8, 4) is 5.75 Å². The average molecular weight is 481 g/mol. The maximum atomic E-state index is 14.4. The molecule has 11 nitrogen and oxygen atoms in total. The van der Waals surface area contributed by atoms with Gasteiger partial charge in [-0.1, -0.05) is 0 Å². The van der Waals surface area contributed by atoms with Crippen LogP contribution in [-0.2, 0) is 9.53 Å². The molecule has 0 bridgehead atoms. The topological polar surface area (TPSA) is 126 Å². The number of halogens is 1. The van der Waals surface area contributed by atoms with Crippen molar-refractivity contribution in [3.63, 3.8) is 0 Å². The summed E-state index contributed by atoms with van der Waals surface area (Å²) in [6.45, 7) is 6.44. The first-order valence-electron chi connectivity index (χ1n) is 11.2. The van der Waals surface area contributed by atoms with Gasteiger partial charge in [0.05, 0.1) is 24.7 Å². The van der Waals surface area contributed by atoms with E-state index in [0.29, 0.717) is 18.0 Å². The fourth-order valence-electron chi connectivity index (χ4n) is 3.65. The Morgan fingerprint density at radius 2 is 1.94 bits per heavy atom. The van der Waals surface area contributed by atoms with Crippen LogP contribution in [0.25, 0.3) is 0 Å². The highest BCUT2D eigenvalue weighted by Gasteiger charge is 2.36. The van der Waals surface area contributed by atoms with Gasteiger partial charge in [-0.25, -0.2) is 19.3 Å². The molecule has 5 heterocycles. The lowest BCUT2D eigenvalue weighted by Crippen LogP contribution is -2.46. The van der Waals surface area contributed by atoms with E-state index >= 15 is 0 Å². The zero-order valence-corrected chi connectivity index (χ0v) is 19.3. The van der Waals surface area contributed by atoms with Gasteiger partial charge in [0.1, 0.15) is 11.6 Å². The molecule has 0 spiro atoms. The predicted octanol–water partition coefficient (Wildman–Crippen LogP) is 3.23. The van der Waals surface area contributed by atoms with Crippen molar-refractivity contribution in [3.05, 3.63) is 42.5 Å². The number of hydrogen-bond acceptors (Lipinski definition) is 10. The Balaban J connectivity index is 1.29. The highest BCUT2D eigenvalue weighted by atomic mass is 19.1. The summed E-state index contributed by atoms with van der Waals surface area (Å²) in [5.74, 6) is 0.940. The van der Waals surface area contributed by atoms with E-state index in [0.717, 1.165) is 38.1 Å². The van der Waals surface area contributed by atoms with Gasteiger partial charge in [0, 0.05) is 19.7 Å². The van der Waals surface area contributed by atoms with Crippen molar-refractivity contribution in [2.24, 2.45) is 0 Å². The van der Waals surface area contributed by atoms with Crippen LogP contribution in [0.4, 0.5) is 39.3 Å². The highest BCUT2D eigenvalue weighted by Crippen LogP contribution is 2.33. The molecule has 5 rings (SSSR count). The van der Waals surface area contributed by atoms with Crippen LogP contribution >= 0.6 is 0 Å². The Kier molecular flexibility index (Phi) is 6.03. The molecular weight excluding hydrogens is 455 g/mol. The molecule has 0 unspecified atom stereocenters. The first-order valence-corrected chi connectivity index (χ1v) is 11.2. The second-order valence-corrected chi connectivity index (χ2v) is 8.61. The minimum absolute atomic E-state index is 0.0764. The number of rotatable bonds is 5. The van der Waals surface area contributed by atoms with E-state index in [1.165, 1.54) is 0 Å². The first-order chi connectivity index (χ1) is 16.9. The molecule has 0 aliphatic carbocycles. The van der Waals surface area contributed by atoms with Gasteiger partial charge in [0.15, 0.2) is 28.8 Å². The summed E-state index contributed by atoms with van der Waals surface area (Å²) in [5.41, 5.74) is -0.343. The Morgan fingerprint density at radius 1 is 1.06 bits per heavy atom. The molecule has 2 aliphatic heterocycles. The van der Waals surface area contributed by atoms with E-state index in [4.69, 9.17) is 9.47 Å². The number of nitrogens with one attached hydrogen (secondary N) is 3. The van der Waals surface area contributed by atoms with Crippen LogP contribution in [0, 0.1) is 5.82 Å². The maximum Gasteiger partial charge on any atom is 0.269 e. The van der Waals surface area contributed by atoms with Crippen LogP contribution in [-0.4, -0.2) is 57.7 Å². The Morgan fingerprint density at radius 3 is 2.77 bits per heavy atom. The summed E-state index contributed by atoms with van der Waals surface area (Å²) in [7, 11) is 0. The Labute approximate surface area is 201 Å². The van der Waals surface area contributed by atoms with Crippen molar-refractivity contribution in [2.75, 3.05) is 47.2 Å². The van der Waals surface area contributed by atoms with Gasteiger partial charge < -0.3 is 30.3 Å². The van der Waals surface area contributed by atoms with Gasteiger partial charge in [-0.05, 0) is 44.5 Å². The predicted molar refractivity (Wildman–Crippen MR) is 128 cm³/mol. The summed E-state index contributed by atoms with van der Waals surface area (Å²) < 4.78 is 25.6. The molecule has 35 heavy (non-hydrogen) atoms. The number of carbonyl (C=O) groups is 1. The molecule has 3 N–H and O–H groups in total. The molecule has 2 aliphatic rings. The first kappa shape index (κ1) is 22.7. The van der Waals surface area contributed by atoms with E-state index < -0.39 is 11.4 Å². The van der Waals surface area contributed by atoms with E-state index in [-0.39, 0.29) is 29.3 Å². The molecule has 0 saturated carbocycles. The SMILES string of the molecule is CC1(C)Oc2ccc(Nc3nc(Nc4ccc(N5CCCOCC5)nc4)ncc3F)nc2NC1=O. The number of fused-ring (bicyclic) bond motifs is 1. The van der Waals surface area contributed by atoms with Gasteiger partial charge in [-0.3, -0.25) is 4.79 Å². The number of hydrogen-bond donors (Lipinski definition) is 3. The summed E-state index contributed by atoms with van der Waals surface area (Å²) >= 11 is 0. The largest absolute Gasteiger partial charge is 0.474 e. The molecule has 12 heteroatoms. The molecule has 1 amide bonds. The fourth-order valence-corrected chi connectivity index (χ4v) is 3.65. The number of pyridine rings is 2. The number of ether oxygens (including phenoxy) is 2. The fraction of sp³-hybridized carbons (Fsp3) is 0.348. The summed E-state index contributed by atoms with van der Waals surface area (Å²) in [5, 5.41) is 8.55. The number of carbonyl (C=O) groups excluding carboxylic acids is 1. The average Bonchev–Trinajstić information content (AvgIpc) is 3.12. The molecule has 0 atom stereocenters. The monoisotopic (exact) mass is 480 g/mol. The van der Waals surface area contributed by atoms with Crippen LogP contribution in [0.5, 0.6) is 5.75 Å². The van der Waals surface area contributed by atoms with Gasteiger partial charge in [-0.15, -0.1) is 0 Å². The van der Waals surface area contributed by atoms with Crippen molar-refractivity contribution in [1.29, 1.82) is 0 Å². The molecule has 1 fully saturated rings. The third kappa shape index (κ3) is 5.06. The molecule has 182 valence electrons. The molecule has 0 radical (unpaired) electrons. The highest BCUT2D eigenvalue weighted by molar-refractivity contribution is 5.99. The van der Waals surface area contributed by atoms with E-state index in [1.54, 1.807) is 32.2 Å². The van der Waals surface area contributed by atoms with Gasteiger partial charge in [0.25, 0.3) is 5.91 Å². The third-order valence-corrected chi connectivity index (χ3v) is 5.54. The minimum Gasteiger partial charge on any atom is -0.474 e. The molecular formula is C23H25FN8O3. The Bertz CT molecular complexity index is 1230. The standard InChI is InChI=1S/C23H25FN8O3/c1-23(2)21(33)30-20-16(35-23)5-6-17(29-20)28-19-15(24)13-26-22(31-19)27-14-4-7-18(25-12-14)32-8-3-10-34-11-9-32/h4-7,12-13H,3,8-11H2,1-2H3,(H3,26,27,28,29,30,31,33). The Hall–Kier alpha value is -4.06.